The third-order valence-corrected chi connectivity index (χ3v) is 5.36. The number of carbonyl (C=O) groups is 2. The first-order valence-electron chi connectivity index (χ1n) is 9.88. The third-order valence-electron chi connectivity index (χ3n) is 4.35. The first-order valence-corrected chi connectivity index (χ1v) is 10.7. The molecule has 32 heavy (non-hydrogen) atoms. The normalized spacial score (nSPS) is 11.5. The number of carboxylic acid groups (broad SMARTS) is 1. The predicted molar refractivity (Wildman–Crippen MR) is 126 cm³/mol. The molecule has 4 heterocycles. The minimum absolute atomic E-state index is 0.235. The number of aromatic nitrogens is 2. The van der Waals surface area contributed by atoms with Crippen molar-refractivity contribution in [2.75, 3.05) is 10.2 Å². The number of carbonyl (C=O) groups excluding carboxylic acids is 1. The molecule has 0 spiro atoms. The fourth-order valence-electron chi connectivity index (χ4n) is 3.14. The van der Waals surface area contributed by atoms with Gasteiger partial charge in [-0.25, -0.2) is 19.7 Å². The maximum Gasteiger partial charge on any atom is 0.332 e. The lowest BCUT2D eigenvalue weighted by atomic mass is 10.1. The fourth-order valence-corrected chi connectivity index (χ4v) is 4.11. The summed E-state index contributed by atoms with van der Waals surface area (Å²) in [6.07, 6.45) is 3.33. The van der Waals surface area contributed by atoms with E-state index in [2.05, 4.69) is 15.3 Å². The van der Waals surface area contributed by atoms with Crippen LogP contribution in [0.4, 0.5) is 22.0 Å². The molecule has 0 unspecified atom stereocenters. The standard InChI is InChI=1S/C20H14N4O2S.C2H6.CH2O2/c1-12-18-17-15(9-10-21-19(17)27-12)24(20(25)23-18)16-8-7-14(11-22-16)26-13-5-3-2-4-6-13;1-2;2-1-3/h2-11H,1H3,(H,23,25);1-2H3;1H,(H,2,3). The van der Waals surface area contributed by atoms with Crippen LogP contribution in [-0.2, 0) is 4.79 Å². The molecule has 0 aliphatic carbocycles. The van der Waals surface area contributed by atoms with Gasteiger partial charge in [0.25, 0.3) is 6.47 Å². The Morgan fingerprint density at radius 2 is 1.78 bits per heavy atom. The molecule has 1 aliphatic heterocycles. The number of hydrogen-bond donors (Lipinski definition) is 2. The smallest absolute Gasteiger partial charge is 0.332 e. The van der Waals surface area contributed by atoms with Gasteiger partial charge < -0.3 is 15.2 Å². The van der Waals surface area contributed by atoms with E-state index in [4.69, 9.17) is 14.6 Å². The van der Waals surface area contributed by atoms with Crippen molar-refractivity contribution in [1.82, 2.24) is 9.97 Å². The molecule has 2 amide bonds. The van der Waals surface area contributed by atoms with Crippen LogP contribution < -0.4 is 15.0 Å². The molecule has 164 valence electrons. The Kier molecular flexibility index (Phi) is 7.35. The number of para-hydroxylation sites is 1. The summed E-state index contributed by atoms with van der Waals surface area (Å²) in [6, 6.07) is 14.7. The Morgan fingerprint density at radius 3 is 2.44 bits per heavy atom. The summed E-state index contributed by atoms with van der Waals surface area (Å²) in [4.78, 5) is 33.5. The van der Waals surface area contributed by atoms with E-state index in [9.17, 15) is 4.79 Å². The van der Waals surface area contributed by atoms with Gasteiger partial charge in [0.2, 0.25) is 0 Å². The summed E-state index contributed by atoms with van der Waals surface area (Å²) in [5, 5.41) is 10.8. The number of ether oxygens (including phenoxy) is 1. The van der Waals surface area contributed by atoms with Crippen LogP contribution in [0, 0.1) is 6.92 Å². The van der Waals surface area contributed by atoms with Crippen LogP contribution in [0.25, 0.3) is 10.2 Å². The molecule has 0 saturated carbocycles. The summed E-state index contributed by atoms with van der Waals surface area (Å²) in [5.74, 6) is 1.86. The van der Waals surface area contributed by atoms with E-state index in [0.29, 0.717) is 11.6 Å². The zero-order valence-electron chi connectivity index (χ0n) is 17.8. The van der Waals surface area contributed by atoms with Gasteiger partial charge >= 0.3 is 6.03 Å². The fraction of sp³-hybridized carbons (Fsp3) is 0.130. The van der Waals surface area contributed by atoms with Crippen molar-refractivity contribution in [3.63, 3.8) is 0 Å². The maximum atomic E-state index is 12.8. The highest BCUT2D eigenvalue weighted by Crippen LogP contribution is 2.44. The van der Waals surface area contributed by atoms with Gasteiger partial charge in [0, 0.05) is 11.1 Å². The molecule has 1 aromatic carbocycles. The van der Waals surface area contributed by atoms with E-state index < -0.39 is 0 Å². The van der Waals surface area contributed by atoms with Crippen LogP contribution in [0.1, 0.15) is 18.7 Å². The Bertz CT molecular complexity index is 1210. The minimum Gasteiger partial charge on any atom is -0.483 e. The van der Waals surface area contributed by atoms with E-state index in [0.717, 1.165) is 32.2 Å². The molecule has 8 nitrogen and oxygen atoms in total. The number of nitrogens with zero attached hydrogens (tertiary/aromatic N) is 3. The van der Waals surface area contributed by atoms with Crippen LogP contribution in [0.2, 0.25) is 0 Å². The summed E-state index contributed by atoms with van der Waals surface area (Å²) in [6.45, 7) is 5.73. The average Bonchev–Trinajstić information content (AvgIpc) is 3.13. The Morgan fingerprint density at radius 1 is 1.06 bits per heavy atom. The lowest BCUT2D eigenvalue weighted by molar-refractivity contribution is -0.122. The largest absolute Gasteiger partial charge is 0.483 e. The molecule has 4 aromatic rings. The number of rotatable bonds is 3. The maximum absolute atomic E-state index is 12.8. The molecular weight excluding hydrogens is 428 g/mol. The quantitative estimate of drug-likeness (QED) is 0.360. The number of aryl methyl sites for hydroxylation is 1. The number of benzene rings is 1. The van der Waals surface area contributed by atoms with Crippen LogP contribution in [-0.4, -0.2) is 27.6 Å². The number of anilines is 3. The van der Waals surface area contributed by atoms with Gasteiger partial charge in [-0.3, -0.25) is 4.79 Å². The summed E-state index contributed by atoms with van der Waals surface area (Å²) >= 11 is 1.57. The molecule has 5 rings (SSSR count). The van der Waals surface area contributed by atoms with Crippen molar-refractivity contribution in [2.24, 2.45) is 0 Å². The van der Waals surface area contributed by atoms with Crippen LogP contribution in [0.5, 0.6) is 11.5 Å². The lowest BCUT2D eigenvalue weighted by Gasteiger charge is -2.27. The van der Waals surface area contributed by atoms with Gasteiger partial charge in [-0.2, -0.15) is 0 Å². The molecule has 1 aliphatic rings. The number of nitrogens with one attached hydrogen (secondary N) is 1. The van der Waals surface area contributed by atoms with E-state index in [1.807, 2.05) is 57.2 Å². The Balaban J connectivity index is 0.000000536. The zero-order valence-corrected chi connectivity index (χ0v) is 18.6. The molecule has 0 radical (unpaired) electrons. The van der Waals surface area contributed by atoms with E-state index >= 15 is 0 Å². The molecule has 0 atom stereocenters. The second-order valence-corrected chi connectivity index (χ2v) is 7.38. The summed E-state index contributed by atoms with van der Waals surface area (Å²) in [5.41, 5.74) is 1.62. The lowest BCUT2D eigenvalue weighted by Crippen LogP contribution is -2.34. The number of urea groups is 1. The number of thiophene rings is 1. The van der Waals surface area contributed by atoms with Gasteiger partial charge in [0.1, 0.15) is 22.1 Å². The molecule has 0 fully saturated rings. The number of amides is 2. The second kappa shape index (κ2) is 10.4. The highest BCUT2D eigenvalue weighted by Gasteiger charge is 2.30. The first kappa shape index (κ1) is 22.7. The van der Waals surface area contributed by atoms with Crippen molar-refractivity contribution in [3.8, 4) is 11.5 Å². The van der Waals surface area contributed by atoms with Gasteiger partial charge in [-0.05, 0) is 37.3 Å². The van der Waals surface area contributed by atoms with Crippen molar-refractivity contribution in [1.29, 1.82) is 0 Å². The molecule has 9 heteroatoms. The highest BCUT2D eigenvalue weighted by molar-refractivity contribution is 7.19. The minimum atomic E-state index is -0.250. The Labute approximate surface area is 189 Å². The topological polar surface area (TPSA) is 105 Å². The Hall–Kier alpha value is -3.98. The van der Waals surface area contributed by atoms with Crippen molar-refractivity contribution >= 4 is 51.2 Å². The number of hydrogen-bond acceptors (Lipinski definition) is 6. The molecule has 0 bridgehead atoms. The van der Waals surface area contributed by atoms with Crippen LogP contribution in [0.3, 0.4) is 0 Å². The van der Waals surface area contributed by atoms with Crippen molar-refractivity contribution < 1.29 is 19.4 Å². The number of pyridine rings is 2. The summed E-state index contributed by atoms with van der Waals surface area (Å²) < 4.78 is 5.77. The van der Waals surface area contributed by atoms with Crippen molar-refractivity contribution in [3.05, 3.63) is 65.8 Å². The second-order valence-electron chi connectivity index (χ2n) is 6.18. The van der Waals surface area contributed by atoms with E-state index in [1.165, 1.54) is 0 Å². The van der Waals surface area contributed by atoms with E-state index in [1.54, 1.807) is 40.8 Å². The summed E-state index contributed by atoms with van der Waals surface area (Å²) in [7, 11) is 0. The van der Waals surface area contributed by atoms with Crippen LogP contribution in [0.15, 0.2) is 60.9 Å². The van der Waals surface area contributed by atoms with E-state index in [-0.39, 0.29) is 12.5 Å². The molecule has 3 aromatic heterocycles. The van der Waals surface area contributed by atoms with Crippen molar-refractivity contribution in [2.45, 2.75) is 20.8 Å². The molecular formula is C23H22N4O4S. The van der Waals surface area contributed by atoms with Gasteiger partial charge in [-0.1, -0.05) is 32.0 Å². The SMILES string of the molecule is CC.Cc1sc2nccc3c2c1NC(=O)N3c1ccc(Oc2ccccc2)cn1.O=CO. The van der Waals surface area contributed by atoms with Gasteiger partial charge in [0.05, 0.1) is 23.0 Å². The third kappa shape index (κ3) is 4.52. The molecule has 0 saturated heterocycles. The monoisotopic (exact) mass is 450 g/mol. The van der Waals surface area contributed by atoms with Gasteiger partial charge in [-0.15, -0.1) is 11.3 Å². The van der Waals surface area contributed by atoms with Gasteiger partial charge in [0.15, 0.2) is 0 Å². The van der Waals surface area contributed by atoms with Crippen LogP contribution >= 0.6 is 11.3 Å². The average molecular weight is 451 g/mol. The zero-order chi connectivity index (χ0) is 23.1. The predicted octanol–water partition coefficient (Wildman–Crippen LogP) is 6.20. The molecule has 2 N–H and O–H groups in total. The highest BCUT2D eigenvalue weighted by atomic mass is 32.1. The first-order chi connectivity index (χ1) is 15.6.